The highest BCUT2D eigenvalue weighted by Crippen LogP contribution is 2.13. The molecule has 28 heavy (non-hydrogen) atoms. The van der Waals surface area contributed by atoms with E-state index in [1.807, 2.05) is 25.1 Å². The Morgan fingerprint density at radius 3 is 3.00 bits per heavy atom. The van der Waals surface area contributed by atoms with E-state index < -0.39 is 6.67 Å². The number of alkyl halides is 1. The summed E-state index contributed by atoms with van der Waals surface area (Å²) in [5.41, 5.74) is 2.53. The van der Waals surface area contributed by atoms with E-state index in [0.29, 0.717) is 30.8 Å². The van der Waals surface area contributed by atoms with Gasteiger partial charge in [-0.05, 0) is 47.3 Å². The first-order valence-electron chi connectivity index (χ1n) is 8.97. The second-order valence-corrected chi connectivity index (χ2v) is 7.42. The molecule has 10 heteroatoms. The Labute approximate surface area is 175 Å². The molecule has 0 atom stereocenters. The first-order valence-corrected chi connectivity index (χ1v) is 10.0. The zero-order valence-corrected chi connectivity index (χ0v) is 17.6. The van der Waals surface area contributed by atoms with E-state index in [1.54, 1.807) is 6.20 Å². The van der Waals surface area contributed by atoms with Gasteiger partial charge in [0.15, 0.2) is 0 Å². The predicted octanol–water partition coefficient (Wildman–Crippen LogP) is 2.05. The normalized spacial score (nSPS) is 11.3. The molecule has 0 aliphatic carbocycles. The standard InChI is InChI=1S/C18H21FIN7O/c1-2-26(11-14-12-27(7-5-19)25-24-14)8-6-21-18(28)17-10-22-16-9-13(20)3-4-15(16)23-17/h3-4,9-10,12H,2,5-8,11H2,1H3,(H,21,28)/i20-2. The fourth-order valence-electron chi connectivity index (χ4n) is 2.70. The van der Waals surface area contributed by atoms with E-state index in [0.717, 1.165) is 21.3 Å². The van der Waals surface area contributed by atoms with Gasteiger partial charge < -0.3 is 5.32 Å². The average Bonchev–Trinajstić information content (AvgIpc) is 3.14. The zero-order chi connectivity index (χ0) is 19.9. The van der Waals surface area contributed by atoms with Crippen LogP contribution in [0.5, 0.6) is 0 Å². The lowest BCUT2D eigenvalue weighted by molar-refractivity contribution is 0.0943. The maximum atomic E-state index is 12.4. The maximum absolute atomic E-state index is 12.4. The molecular weight excluding hydrogens is 474 g/mol. The molecule has 0 aliphatic heterocycles. The van der Waals surface area contributed by atoms with E-state index in [4.69, 9.17) is 0 Å². The van der Waals surface area contributed by atoms with Crippen LogP contribution in [0, 0.1) is 3.57 Å². The summed E-state index contributed by atoms with van der Waals surface area (Å²) in [5, 5.41) is 10.8. The lowest BCUT2D eigenvalue weighted by Crippen LogP contribution is -2.35. The number of halogens is 2. The fourth-order valence-corrected chi connectivity index (χ4v) is 3.17. The highest BCUT2D eigenvalue weighted by molar-refractivity contribution is 14.1. The molecule has 0 unspecified atom stereocenters. The van der Waals surface area contributed by atoms with E-state index in [9.17, 15) is 9.18 Å². The summed E-state index contributed by atoms with van der Waals surface area (Å²) >= 11 is 2.21. The SMILES string of the molecule is CCN(CCNC(=O)c1cnc2cc([125I])ccc2n1)Cc1cn(CCF)nn1. The first-order chi connectivity index (χ1) is 13.6. The van der Waals surface area contributed by atoms with Gasteiger partial charge in [-0.3, -0.25) is 14.7 Å². The molecule has 8 nitrogen and oxygen atoms in total. The van der Waals surface area contributed by atoms with Crippen molar-refractivity contribution < 1.29 is 9.18 Å². The van der Waals surface area contributed by atoms with Crippen LogP contribution in [0.4, 0.5) is 4.39 Å². The largest absolute Gasteiger partial charge is 0.349 e. The highest BCUT2D eigenvalue weighted by atomic mass is 125. The summed E-state index contributed by atoms with van der Waals surface area (Å²) in [6, 6.07) is 5.71. The predicted molar refractivity (Wildman–Crippen MR) is 112 cm³/mol. The van der Waals surface area contributed by atoms with Gasteiger partial charge in [0.1, 0.15) is 12.4 Å². The lowest BCUT2D eigenvalue weighted by atomic mass is 10.3. The maximum Gasteiger partial charge on any atom is 0.271 e. The van der Waals surface area contributed by atoms with Gasteiger partial charge >= 0.3 is 0 Å². The Morgan fingerprint density at radius 1 is 1.36 bits per heavy atom. The number of benzene rings is 1. The second-order valence-electron chi connectivity index (χ2n) is 6.17. The van der Waals surface area contributed by atoms with Crippen molar-refractivity contribution in [3.63, 3.8) is 0 Å². The van der Waals surface area contributed by atoms with E-state index in [2.05, 4.69) is 53.1 Å². The summed E-state index contributed by atoms with van der Waals surface area (Å²) in [4.78, 5) is 23.2. The number of aromatic nitrogens is 5. The molecule has 2 heterocycles. The van der Waals surface area contributed by atoms with Gasteiger partial charge in [-0.2, -0.15) is 0 Å². The van der Waals surface area contributed by atoms with Crippen LogP contribution in [0.2, 0.25) is 0 Å². The molecule has 2 aromatic heterocycles. The molecule has 0 aliphatic rings. The third kappa shape index (κ3) is 5.41. The van der Waals surface area contributed by atoms with E-state index in [-0.39, 0.29) is 12.5 Å². The van der Waals surface area contributed by atoms with Crippen molar-refractivity contribution in [1.82, 2.24) is 35.2 Å². The number of nitrogens with one attached hydrogen (secondary N) is 1. The van der Waals surface area contributed by atoms with Crippen molar-refractivity contribution in [2.45, 2.75) is 20.0 Å². The van der Waals surface area contributed by atoms with Crippen LogP contribution in [0.15, 0.2) is 30.6 Å². The van der Waals surface area contributed by atoms with Crippen molar-refractivity contribution in [1.29, 1.82) is 0 Å². The number of fused-ring (bicyclic) bond motifs is 1. The van der Waals surface area contributed by atoms with Gasteiger partial charge in [0, 0.05) is 29.4 Å². The highest BCUT2D eigenvalue weighted by Gasteiger charge is 2.11. The number of amides is 1. The van der Waals surface area contributed by atoms with Gasteiger partial charge in [-0.25, -0.2) is 14.1 Å². The number of nitrogens with zero attached hydrogens (tertiary/aromatic N) is 6. The fraction of sp³-hybridized carbons (Fsp3) is 0.389. The second kappa shape index (κ2) is 9.82. The van der Waals surface area contributed by atoms with Crippen LogP contribution in [-0.4, -0.2) is 62.1 Å². The van der Waals surface area contributed by atoms with Gasteiger partial charge in [-0.1, -0.05) is 12.1 Å². The molecular formula is C18H21FIN7O. The smallest absolute Gasteiger partial charge is 0.271 e. The van der Waals surface area contributed by atoms with E-state index in [1.165, 1.54) is 10.9 Å². The van der Waals surface area contributed by atoms with Crippen molar-refractivity contribution in [3.8, 4) is 0 Å². The van der Waals surface area contributed by atoms with Crippen molar-refractivity contribution >= 4 is 39.5 Å². The molecule has 1 amide bonds. The molecule has 3 aromatic rings. The van der Waals surface area contributed by atoms with Crippen LogP contribution >= 0.6 is 22.6 Å². The third-order valence-electron chi connectivity index (χ3n) is 4.18. The molecule has 0 spiro atoms. The molecule has 148 valence electrons. The monoisotopic (exact) mass is 495 g/mol. The number of hydrogen-bond acceptors (Lipinski definition) is 6. The summed E-state index contributed by atoms with van der Waals surface area (Å²) in [6.45, 7) is 4.27. The third-order valence-corrected chi connectivity index (χ3v) is 4.85. The van der Waals surface area contributed by atoms with Gasteiger partial charge in [-0.15, -0.1) is 5.10 Å². The minimum Gasteiger partial charge on any atom is -0.349 e. The van der Waals surface area contributed by atoms with Crippen molar-refractivity contribution in [2.75, 3.05) is 26.3 Å². The quantitative estimate of drug-likeness (QED) is 0.458. The first kappa shape index (κ1) is 20.5. The number of carbonyl (C=O) groups excluding carboxylic acids is 1. The van der Waals surface area contributed by atoms with Crippen LogP contribution < -0.4 is 5.32 Å². The molecule has 0 bridgehead atoms. The minimum absolute atomic E-state index is 0.209. The van der Waals surface area contributed by atoms with Crippen LogP contribution in [0.3, 0.4) is 0 Å². The summed E-state index contributed by atoms with van der Waals surface area (Å²) in [5.74, 6) is -0.252. The average molecular weight is 495 g/mol. The molecule has 1 N–H and O–H groups in total. The summed E-state index contributed by atoms with van der Waals surface area (Å²) in [7, 11) is 0. The zero-order valence-electron chi connectivity index (χ0n) is 15.5. The molecule has 1 aromatic carbocycles. The Kier molecular flexibility index (Phi) is 7.20. The van der Waals surface area contributed by atoms with Gasteiger partial charge in [0.05, 0.1) is 29.5 Å². The van der Waals surface area contributed by atoms with Crippen LogP contribution in [0.1, 0.15) is 23.1 Å². The van der Waals surface area contributed by atoms with Gasteiger partial charge in [0.2, 0.25) is 0 Å². The lowest BCUT2D eigenvalue weighted by Gasteiger charge is -2.19. The van der Waals surface area contributed by atoms with Crippen LogP contribution in [0.25, 0.3) is 11.0 Å². The Bertz CT molecular complexity index is 949. The number of rotatable bonds is 9. The number of aryl methyl sites for hydroxylation is 1. The minimum atomic E-state index is -0.469. The summed E-state index contributed by atoms with van der Waals surface area (Å²) in [6.07, 6.45) is 3.24. The Morgan fingerprint density at radius 2 is 2.21 bits per heavy atom. The van der Waals surface area contributed by atoms with Crippen LogP contribution in [-0.2, 0) is 13.1 Å². The van der Waals surface area contributed by atoms with E-state index >= 15 is 0 Å². The Hall–Kier alpha value is -2.21. The number of carbonyl (C=O) groups is 1. The Balaban J connectivity index is 1.52. The molecule has 0 saturated carbocycles. The number of likely N-dealkylation sites (N-methyl/N-ethyl adjacent to an activating group) is 1. The summed E-state index contributed by atoms with van der Waals surface area (Å²) < 4.78 is 14.9. The van der Waals surface area contributed by atoms with Crippen molar-refractivity contribution in [3.05, 3.63) is 45.6 Å². The molecule has 0 saturated heterocycles. The molecule has 0 radical (unpaired) electrons. The number of hydrogen-bond donors (Lipinski definition) is 1. The molecule has 3 rings (SSSR count). The topological polar surface area (TPSA) is 88.8 Å². The van der Waals surface area contributed by atoms with Gasteiger partial charge in [0.25, 0.3) is 5.91 Å². The molecule has 0 fully saturated rings. The van der Waals surface area contributed by atoms with Crippen molar-refractivity contribution in [2.24, 2.45) is 0 Å².